The normalized spacial score (nSPS) is 17.1. The summed E-state index contributed by atoms with van der Waals surface area (Å²) in [5.74, 6) is -4.81. The molecule has 180 valence electrons. The topological polar surface area (TPSA) is 134 Å². The average molecular weight is 482 g/mol. The summed E-state index contributed by atoms with van der Waals surface area (Å²) in [6.07, 6.45) is -0.567. The maximum Gasteiger partial charge on any atom is 0.362 e. The van der Waals surface area contributed by atoms with E-state index in [0.717, 1.165) is 26.9 Å². The first-order valence-corrected chi connectivity index (χ1v) is 10.8. The molecule has 1 aliphatic heterocycles. The number of carboxylic acid groups (broad SMARTS) is 1. The zero-order valence-electron chi connectivity index (χ0n) is 18.7. The Balaban J connectivity index is 1.50. The summed E-state index contributed by atoms with van der Waals surface area (Å²) in [5.41, 5.74) is 0.762. The van der Waals surface area contributed by atoms with E-state index in [2.05, 4.69) is 10.4 Å². The number of alkyl halides is 2. The molecule has 0 unspecified atom stereocenters. The maximum absolute atomic E-state index is 13.7. The van der Waals surface area contributed by atoms with Crippen LogP contribution in [0.15, 0.2) is 39.9 Å². The fourth-order valence-corrected chi connectivity index (χ4v) is 5.04. The van der Waals surface area contributed by atoms with Gasteiger partial charge in [0.1, 0.15) is 0 Å². The molecule has 0 radical (unpaired) electrons. The molecular weight excluding hydrogens is 462 g/mol. The van der Waals surface area contributed by atoms with Gasteiger partial charge in [-0.05, 0) is 66.3 Å². The smallest absolute Gasteiger partial charge is 0.362 e. The van der Waals surface area contributed by atoms with E-state index >= 15 is 0 Å². The van der Waals surface area contributed by atoms with Gasteiger partial charge in [0.15, 0.2) is 0 Å². The lowest BCUT2D eigenvalue weighted by molar-refractivity contribution is -0.152. The molecule has 3 N–H and O–H groups in total. The molecular formula is C24H20F2N4O5. The minimum Gasteiger partial charge on any atom is -0.476 e. The van der Waals surface area contributed by atoms with Crippen LogP contribution in [0.5, 0.6) is 0 Å². The molecule has 3 aromatic rings. The number of H-pyrrole nitrogens is 1. The molecule has 0 saturated heterocycles. The lowest BCUT2D eigenvalue weighted by Crippen LogP contribution is -2.53. The van der Waals surface area contributed by atoms with Crippen LogP contribution in [-0.4, -0.2) is 37.7 Å². The summed E-state index contributed by atoms with van der Waals surface area (Å²) in [4.78, 5) is 49.6. The van der Waals surface area contributed by atoms with Crippen molar-refractivity contribution in [2.24, 2.45) is 0 Å². The first-order valence-electron chi connectivity index (χ1n) is 10.8. The van der Waals surface area contributed by atoms with Gasteiger partial charge < -0.3 is 10.4 Å². The van der Waals surface area contributed by atoms with Gasteiger partial charge >= 0.3 is 11.7 Å². The molecule has 5 rings (SSSR count). The number of aryl methyl sites for hydroxylation is 2. The fourth-order valence-electron chi connectivity index (χ4n) is 5.04. The van der Waals surface area contributed by atoms with E-state index in [-0.39, 0.29) is 5.69 Å². The van der Waals surface area contributed by atoms with Crippen molar-refractivity contribution in [3.05, 3.63) is 84.7 Å². The third kappa shape index (κ3) is 3.54. The number of benzene rings is 2. The predicted octanol–water partition coefficient (Wildman–Crippen LogP) is 2.45. The van der Waals surface area contributed by atoms with E-state index in [9.17, 15) is 28.0 Å². The molecule has 2 heterocycles. The van der Waals surface area contributed by atoms with Crippen LogP contribution in [0.1, 0.15) is 51.1 Å². The minimum absolute atomic E-state index is 0.284. The molecule has 1 fully saturated rings. The molecule has 2 aromatic carbocycles. The molecule has 0 atom stereocenters. The zero-order valence-corrected chi connectivity index (χ0v) is 18.7. The highest BCUT2D eigenvalue weighted by molar-refractivity contribution is 6.07. The number of nitrogens with one attached hydrogen (secondary N) is 2. The number of nitrogens with zero attached hydrogens (tertiary/aromatic N) is 2. The van der Waals surface area contributed by atoms with E-state index in [1.54, 1.807) is 24.3 Å². The first-order chi connectivity index (χ1) is 16.4. The second-order valence-electron chi connectivity index (χ2n) is 9.19. The van der Waals surface area contributed by atoms with Crippen LogP contribution < -0.4 is 16.6 Å². The third-order valence-corrected chi connectivity index (χ3v) is 6.74. The van der Waals surface area contributed by atoms with Crippen molar-refractivity contribution < 1.29 is 23.5 Å². The van der Waals surface area contributed by atoms with Gasteiger partial charge in [0.25, 0.3) is 11.5 Å². The highest BCUT2D eigenvalue weighted by Gasteiger charge is 2.64. The van der Waals surface area contributed by atoms with Crippen molar-refractivity contribution in [1.82, 2.24) is 14.8 Å². The Kier molecular flexibility index (Phi) is 4.80. The second-order valence-corrected chi connectivity index (χ2v) is 9.19. The van der Waals surface area contributed by atoms with E-state index in [1.165, 1.54) is 0 Å². The molecule has 11 heteroatoms. The summed E-state index contributed by atoms with van der Waals surface area (Å²) in [5, 5.41) is 15.5. The number of hydrogen-bond donors (Lipinski definition) is 3. The summed E-state index contributed by atoms with van der Waals surface area (Å²) in [6.45, 7) is 3.63. The van der Waals surface area contributed by atoms with Crippen LogP contribution in [0.25, 0.3) is 5.69 Å². The Morgan fingerprint density at radius 2 is 1.77 bits per heavy atom. The Bertz CT molecular complexity index is 1530. The molecule has 1 saturated carbocycles. The Hall–Kier alpha value is -4.15. The molecule has 1 aliphatic carbocycles. The van der Waals surface area contributed by atoms with Gasteiger partial charge in [0.2, 0.25) is 11.6 Å². The van der Waals surface area contributed by atoms with E-state index < -0.39 is 53.0 Å². The van der Waals surface area contributed by atoms with Gasteiger partial charge in [-0.1, -0.05) is 12.1 Å². The van der Waals surface area contributed by atoms with Gasteiger partial charge in [0.05, 0.1) is 11.1 Å². The number of hydrogen-bond acceptors (Lipinski definition) is 5. The zero-order chi connectivity index (χ0) is 25.3. The van der Waals surface area contributed by atoms with Crippen LogP contribution in [0, 0.1) is 13.8 Å². The lowest BCUT2D eigenvalue weighted by atomic mass is 9.62. The maximum atomic E-state index is 13.7. The monoisotopic (exact) mass is 482 g/mol. The predicted molar refractivity (Wildman–Crippen MR) is 121 cm³/mol. The number of carbonyl (C=O) groups is 2. The van der Waals surface area contributed by atoms with Gasteiger partial charge in [-0.2, -0.15) is 9.78 Å². The molecule has 1 amide bonds. The number of anilines is 1. The lowest BCUT2D eigenvalue weighted by Gasteiger charge is -2.43. The van der Waals surface area contributed by atoms with Crippen LogP contribution in [0.3, 0.4) is 0 Å². The summed E-state index contributed by atoms with van der Waals surface area (Å²) in [6, 6.07) is 8.64. The number of aromatic carboxylic acids is 1. The molecule has 2 aliphatic rings. The van der Waals surface area contributed by atoms with Crippen molar-refractivity contribution in [2.45, 2.75) is 44.4 Å². The van der Waals surface area contributed by atoms with Crippen molar-refractivity contribution in [3.8, 4) is 5.69 Å². The molecule has 9 nitrogen and oxygen atoms in total. The number of carbonyl (C=O) groups excluding carboxylic acids is 1. The highest BCUT2D eigenvalue weighted by atomic mass is 19.3. The Morgan fingerprint density at radius 3 is 2.37 bits per heavy atom. The standard InChI is InChI=1S/C24H20F2N4O5/c1-11-5-14(30-22(35)28-19(31)18(29-30)20(32)33)6-12(2)15(11)7-13-3-4-17-16(8-13)23(21(34)27-17)9-24(25,26)10-23/h3-6,8H,7,9-10H2,1-2H3,(H,27,34)(H,32,33)(H,28,31,35). The summed E-state index contributed by atoms with van der Waals surface area (Å²) < 4.78 is 28.2. The number of aromatic amines is 1. The Labute approximate surface area is 196 Å². The van der Waals surface area contributed by atoms with Crippen LogP contribution in [0.2, 0.25) is 0 Å². The minimum atomic E-state index is -2.85. The van der Waals surface area contributed by atoms with E-state index in [0.29, 0.717) is 17.7 Å². The van der Waals surface area contributed by atoms with Crippen molar-refractivity contribution in [3.63, 3.8) is 0 Å². The number of rotatable bonds is 4. The first kappa shape index (κ1) is 22.6. The number of aromatic nitrogens is 3. The molecule has 35 heavy (non-hydrogen) atoms. The second kappa shape index (κ2) is 7.42. The molecule has 1 spiro atoms. The van der Waals surface area contributed by atoms with E-state index in [1.807, 2.05) is 24.9 Å². The molecule has 1 aromatic heterocycles. The van der Waals surface area contributed by atoms with Crippen molar-refractivity contribution in [1.29, 1.82) is 0 Å². The SMILES string of the molecule is Cc1cc(-n2nc(C(=O)O)c(=O)[nH]c2=O)cc(C)c1Cc1ccc2c(c1)C1(CC(F)(F)C1)C(=O)N2. The number of halogens is 2. The highest BCUT2D eigenvalue weighted by Crippen LogP contribution is 2.58. The van der Waals surface area contributed by atoms with Gasteiger partial charge in [-0.3, -0.25) is 14.6 Å². The van der Waals surface area contributed by atoms with Crippen LogP contribution in [0.4, 0.5) is 14.5 Å². The summed E-state index contributed by atoms with van der Waals surface area (Å²) in [7, 11) is 0. The fraction of sp³-hybridized carbons (Fsp3) is 0.292. The summed E-state index contributed by atoms with van der Waals surface area (Å²) >= 11 is 0. The number of fused-ring (bicyclic) bond motifs is 2. The average Bonchev–Trinajstić information content (AvgIpc) is 3.01. The van der Waals surface area contributed by atoms with Gasteiger partial charge in [-0.25, -0.2) is 18.4 Å². The van der Waals surface area contributed by atoms with E-state index in [4.69, 9.17) is 5.11 Å². The number of carboxylic acids is 1. The van der Waals surface area contributed by atoms with Crippen LogP contribution >= 0.6 is 0 Å². The van der Waals surface area contributed by atoms with Gasteiger partial charge in [0, 0.05) is 18.5 Å². The number of amides is 1. The van der Waals surface area contributed by atoms with Crippen molar-refractivity contribution in [2.75, 3.05) is 5.32 Å². The Morgan fingerprint density at radius 1 is 1.11 bits per heavy atom. The largest absolute Gasteiger partial charge is 0.476 e. The third-order valence-electron chi connectivity index (χ3n) is 6.74. The quantitative estimate of drug-likeness (QED) is 0.523. The van der Waals surface area contributed by atoms with Gasteiger partial charge in [-0.15, -0.1) is 0 Å². The molecule has 0 bridgehead atoms. The van der Waals surface area contributed by atoms with Crippen LogP contribution in [-0.2, 0) is 16.6 Å². The van der Waals surface area contributed by atoms with Crippen molar-refractivity contribution >= 4 is 17.6 Å².